The standard InChI is InChI=1S/2C23H27.C12H9Si.2ClH.Zr/c2*1-15(2)18-13-17-11-12-21(23(4,5)6)22(20(17)14-18)19-10-8-7-9-16(19)3;1-3-7-11-9(5-1)10-6-2-4-8-12(10)13-11;;;/h2*7-15H,1-6H3;1-7H,13H2;2*1H;/q;;;;;+2/p-2. The van der Waals surface area contributed by atoms with Crippen LogP contribution in [0, 0.1) is 25.7 Å². The summed E-state index contributed by atoms with van der Waals surface area (Å²) in [6.45, 7) is 28.1. The van der Waals surface area contributed by atoms with Gasteiger partial charge in [-0.2, -0.15) is 0 Å². The molecule has 0 amide bonds. The fraction of sp³-hybridized carbons (Fsp3) is 0.310. The summed E-state index contributed by atoms with van der Waals surface area (Å²) in [5, 5.41) is 2.96. The number of halogens is 2. The van der Waals surface area contributed by atoms with Gasteiger partial charge in [-0.3, -0.25) is 0 Å². The van der Waals surface area contributed by atoms with Crippen molar-refractivity contribution in [3.05, 3.63) is 171 Å². The molecule has 0 nitrogen and oxygen atoms in total. The number of fused-ring (bicyclic) bond motifs is 5. The van der Waals surface area contributed by atoms with Crippen molar-refractivity contribution in [2.75, 3.05) is 0 Å². The van der Waals surface area contributed by atoms with Crippen LogP contribution in [0.5, 0.6) is 0 Å². The first kappa shape index (κ1) is 43.7. The molecule has 4 heteroatoms. The SMILES string of the molecule is Cc1ccccc1-c1c(C(C)(C)C)ccc2c1C=C(C(C)C)[CH]2[Zr]([Cl])([Cl])([c]1cccc2c1[SiH2]c1ccccc1-2)[CH]1C(C(C)C)=Cc2c1ccc(C(C)(C)C)c2-c1ccccc1C. The molecule has 0 bridgehead atoms. The van der Waals surface area contributed by atoms with Crippen LogP contribution in [0.25, 0.3) is 45.5 Å². The number of rotatable bonds is 7. The van der Waals surface area contributed by atoms with Crippen molar-refractivity contribution in [1.82, 2.24) is 0 Å². The minimum atomic E-state index is -5.78. The molecule has 0 fully saturated rings. The number of benzene rings is 6. The van der Waals surface area contributed by atoms with Gasteiger partial charge in [0.25, 0.3) is 0 Å². The van der Waals surface area contributed by atoms with Crippen LogP contribution >= 0.6 is 17.0 Å². The Labute approximate surface area is 383 Å². The first-order valence-corrected chi connectivity index (χ1v) is 34.7. The second kappa shape index (κ2) is 15.3. The second-order valence-corrected chi connectivity index (χ2v) is 43.8. The normalized spacial score (nSPS) is 18.0. The molecule has 1 heterocycles. The van der Waals surface area contributed by atoms with E-state index in [9.17, 15) is 17.0 Å². The molecule has 2 unspecified atom stereocenters. The van der Waals surface area contributed by atoms with Crippen molar-refractivity contribution < 1.29 is 16.4 Å². The van der Waals surface area contributed by atoms with E-state index in [2.05, 4.69) is 210 Å². The van der Waals surface area contributed by atoms with E-state index in [0.29, 0.717) is 0 Å². The fourth-order valence-corrected chi connectivity index (χ4v) is 40.0. The van der Waals surface area contributed by atoms with Gasteiger partial charge >= 0.3 is 386 Å². The summed E-state index contributed by atoms with van der Waals surface area (Å²) < 4.78 is 1.01. The zero-order chi connectivity index (χ0) is 44.3. The van der Waals surface area contributed by atoms with E-state index in [1.807, 2.05) is 0 Å². The molecular formula is C58H63Cl2SiZr. The van der Waals surface area contributed by atoms with Crippen molar-refractivity contribution in [2.24, 2.45) is 11.8 Å². The molecule has 6 aromatic rings. The van der Waals surface area contributed by atoms with Gasteiger partial charge in [0.05, 0.1) is 0 Å². The van der Waals surface area contributed by atoms with Crippen LogP contribution in [0.15, 0.2) is 126 Å². The van der Waals surface area contributed by atoms with Crippen LogP contribution in [-0.2, 0) is 27.2 Å². The maximum absolute atomic E-state index is 9.53. The Hall–Kier alpha value is -3.52. The molecule has 62 heavy (non-hydrogen) atoms. The van der Waals surface area contributed by atoms with Crippen molar-refractivity contribution >= 4 is 52.3 Å². The number of allylic oxidation sites excluding steroid dienone is 2. The fourth-order valence-electron chi connectivity index (χ4n) is 11.7. The van der Waals surface area contributed by atoms with E-state index >= 15 is 0 Å². The van der Waals surface area contributed by atoms with Crippen LogP contribution in [0.1, 0.15) is 121 Å². The van der Waals surface area contributed by atoms with Crippen LogP contribution in [0.4, 0.5) is 0 Å². The number of hydrogen-bond acceptors (Lipinski definition) is 0. The monoisotopic (exact) mass is 947 g/mol. The van der Waals surface area contributed by atoms with Crippen molar-refractivity contribution in [1.29, 1.82) is 0 Å². The molecule has 317 valence electrons. The molecule has 0 radical (unpaired) electrons. The van der Waals surface area contributed by atoms with Gasteiger partial charge < -0.3 is 0 Å². The summed E-state index contributed by atoms with van der Waals surface area (Å²) in [5.74, 6) is 0.454. The Bertz CT molecular complexity index is 2730. The van der Waals surface area contributed by atoms with Crippen molar-refractivity contribution in [3.8, 4) is 33.4 Å². The number of aryl methyl sites for hydroxylation is 2. The van der Waals surface area contributed by atoms with Gasteiger partial charge in [-0.25, -0.2) is 0 Å². The van der Waals surface area contributed by atoms with Crippen molar-refractivity contribution in [2.45, 2.75) is 101 Å². The molecule has 2 aliphatic carbocycles. The van der Waals surface area contributed by atoms with Gasteiger partial charge in [0.1, 0.15) is 0 Å². The third-order valence-electron chi connectivity index (χ3n) is 14.7. The third-order valence-corrected chi connectivity index (χ3v) is 37.3. The molecule has 2 atom stereocenters. The Morgan fingerprint density at radius 2 is 0.919 bits per heavy atom. The van der Waals surface area contributed by atoms with E-state index in [1.54, 1.807) is 0 Å². The van der Waals surface area contributed by atoms with E-state index < -0.39 is 25.9 Å². The third kappa shape index (κ3) is 6.67. The number of hydrogen-bond donors (Lipinski definition) is 0. The summed E-state index contributed by atoms with van der Waals surface area (Å²) >= 11 is -5.78. The zero-order valence-corrected chi connectivity index (χ0v) is 44.3. The zero-order valence-electron chi connectivity index (χ0n) is 38.9. The van der Waals surface area contributed by atoms with E-state index in [4.69, 9.17) is 0 Å². The van der Waals surface area contributed by atoms with Gasteiger partial charge in [-0.15, -0.1) is 0 Å². The van der Waals surface area contributed by atoms with Gasteiger partial charge in [-0.05, 0) is 0 Å². The van der Waals surface area contributed by atoms with Crippen LogP contribution in [0.3, 0.4) is 0 Å². The average Bonchev–Trinajstić information content (AvgIpc) is 3.93. The van der Waals surface area contributed by atoms with Gasteiger partial charge in [0.15, 0.2) is 0 Å². The van der Waals surface area contributed by atoms with Crippen LogP contribution in [-0.4, -0.2) is 9.52 Å². The molecule has 6 aromatic carbocycles. The molecule has 0 N–H and O–H groups in total. The average molecular weight is 950 g/mol. The predicted molar refractivity (Wildman–Crippen MR) is 273 cm³/mol. The Morgan fingerprint density at radius 3 is 1.35 bits per heavy atom. The van der Waals surface area contributed by atoms with Gasteiger partial charge in [0, 0.05) is 0 Å². The summed E-state index contributed by atoms with van der Waals surface area (Å²) in [6, 6.07) is 43.8. The molecule has 1 aliphatic heterocycles. The second-order valence-electron chi connectivity index (χ2n) is 21.4. The molecule has 9 rings (SSSR count). The van der Waals surface area contributed by atoms with Crippen LogP contribution in [0.2, 0.25) is 0 Å². The first-order chi connectivity index (χ1) is 29.2. The molecule has 0 aromatic heterocycles. The summed E-state index contributed by atoms with van der Waals surface area (Å²) in [4.78, 5) is 0. The van der Waals surface area contributed by atoms with Gasteiger partial charge in [0.2, 0.25) is 0 Å². The van der Waals surface area contributed by atoms with E-state index in [0.717, 1.165) is 0 Å². The van der Waals surface area contributed by atoms with E-state index in [1.165, 1.54) is 103 Å². The summed E-state index contributed by atoms with van der Waals surface area (Å²) in [5.41, 5.74) is 21.1. The van der Waals surface area contributed by atoms with Crippen LogP contribution < -0.4 is 13.6 Å². The molecule has 0 spiro atoms. The molecule has 3 aliphatic rings. The Morgan fingerprint density at radius 1 is 0.500 bits per heavy atom. The summed E-state index contributed by atoms with van der Waals surface area (Å²) in [6.07, 6.45) is 5.12. The van der Waals surface area contributed by atoms with Gasteiger partial charge in [-0.1, -0.05) is 0 Å². The Kier molecular flexibility index (Phi) is 10.8. The van der Waals surface area contributed by atoms with Crippen molar-refractivity contribution in [3.63, 3.8) is 0 Å². The molecule has 0 saturated heterocycles. The molecular weight excluding hydrogens is 887 g/mol. The summed E-state index contributed by atoms with van der Waals surface area (Å²) in [7, 11) is 18.2. The van der Waals surface area contributed by atoms with E-state index in [-0.39, 0.29) is 29.9 Å². The predicted octanol–water partition coefficient (Wildman–Crippen LogP) is 14.5. The minimum absolute atomic E-state index is 0.0805. The topological polar surface area (TPSA) is 0 Å². The maximum atomic E-state index is 9.53. The first-order valence-electron chi connectivity index (χ1n) is 22.9. The quantitative estimate of drug-likeness (QED) is 0.140. The Balaban J connectivity index is 1.44. The molecule has 0 saturated carbocycles.